The normalized spacial score (nSPS) is 21.0. The van der Waals surface area contributed by atoms with Crippen molar-refractivity contribution >= 4 is 11.8 Å². The second-order valence-corrected chi connectivity index (χ2v) is 5.23. The smallest absolute Gasteiger partial charge is 0.200 e. The Morgan fingerprint density at radius 2 is 2.29 bits per heavy atom. The van der Waals surface area contributed by atoms with Crippen LogP contribution in [0.25, 0.3) is 0 Å². The first-order chi connectivity index (χ1) is 6.74. The fraction of sp³-hybridized carbons (Fsp3) is 0.700. The summed E-state index contributed by atoms with van der Waals surface area (Å²) in [6.07, 6.45) is 4.06. The van der Waals surface area contributed by atoms with Crippen molar-refractivity contribution in [2.75, 3.05) is 11.5 Å². The molecule has 14 heavy (non-hydrogen) atoms. The molecule has 1 fully saturated rings. The van der Waals surface area contributed by atoms with Gasteiger partial charge in [0, 0.05) is 5.41 Å². The van der Waals surface area contributed by atoms with E-state index in [1.54, 1.807) is 6.20 Å². The minimum atomic E-state index is 0.138. The molecule has 0 atom stereocenters. The number of rotatable bonds is 2. The van der Waals surface area contributed by atoms with Crippen molar-refractivity contribution in [2.45, 2.75) is 31.7 Å². The quantitative estimate of drug-likeness (QED) is 0.813. The van der Waals surface area contributed by atoms with Gasteiger partial charge < -0.3 is 10.2 Å². The van der Waals surface area contributed by atoms with Crippen LogP contribution >= 0.6 is 11.8 Å². The van der Waals surface area contributed by atoms with Gasteiger partial charge in [-0.3, -0.25) is 0 Å². The highest BCUT2D eigenvalue weighted by Crippen LogP contribution is 2.37. The van der Waals surface area contributed by atoms with Gasteiger partial charge in [0.25, 0.3) is 0 Å². The molecule has 1 aromatic heterocycles. The van der Waals surface area contributed by atoms with Crippen LogP contribution in [0.5, 0.6) is 0 Å². The third-order valence-electron chi connectivity index (χ3n) is 2.87. The first-order valence-electron chi connectivity index (χ1n) is 4.97. The van der Waals surface area contributed by atoms with E-state index in [0.29, 0.717) is 6.54 Å². The largest absolute Gasteiger partial charge is 0.444 e. The van der Waals surface area contributed by atoms with Crippen LogP contribution in [0.2, 0.25) is 0 Å². The lowest BCUT2D eigenvalue weighted by Crippen LogP contribution is -2.27. The summed E-state index contributed by atoms with van der Waals surface area (Å²) in [7, 11) is 0. The van der Waals surface area contributed by atoms with E-state index in [2.05, 4.69) is 11.9 Å². The predicted molar refractivity (Wildman–Crippen MR) is 58.3 cm³/mol. The van der Waals surface area contributed by atoms with Crippen molar-refractivity contribution in [1.82, 2.24) is 4.98 Å². The first-order valence-corrected chi connectivity index (χ1v) is 6.13. The molecule has 1 aromatic rings. The van der Waals surface area contributed by atoms with Crippen molar-refractivity contribution in [3.05, 3.63) is 17.8 Å². The summed E-state index contributed by atoms with van der Waals surface area (Å²) < 4.78 is 5.63. The molecule has 2 heterocycles. The molecular formula is C10H16N2OS. The lowest BCUT2D eigenvalue weighted by molar-refractivity contribution is 0.313. The van der Waals surface area contributed by atoms with Crippen molar-refractivity contribution in [2.24, 2.45) is 5.73 Å². The molecule has 3 nitrogen and oxygen atoms in total. The molecule has 2 rings (SSSR count). The molecule has 0 bridgehead atoms. The van der Waals surface area contributed by atoms with E-state index >= 15 is 0 Å². The minimum Gasteiger partial charge on any atom is -0.444 e. The van der Waals surface area contributed by atoms with Gasteiger partial charge in [0.05, 0.1) is 12.7 Å². The number of hydrogen-bond acceptors (Lipinski definition) is 4. The Morgan fingerprint density at radius 1 is 1.57 bits per heavy atom. The molecule has 0 spiro atoms. The van der Waals surface area contributed by atoms with Gasteiger partial charge in [0.2, 0.25) is 0 Å². The van der Waals surface area contributed by atoms with Gasteiger partial charge in [-0.2, -0.15) is 11.8 Å². The van der Waals surface area contributed by atoms with Gasteiger partial charge >= 0.3 is 0 Å². The van der Waals surface area contributed by atoms with Crippen LogP contribution in [-0.2, 0) is 12.0 Å². The first kappa shape index (κ1) is 10.1. The van der Waals surface area contributed by atoms with Crippen molar-refractivity contribution < 1.29 is 4.42 Å². The molecule has 0 radical (unpaired) electrons. The average molecular weight is 212 g/mol. The molecule has 0 saturated carbocycles. The highest BCUT2D eigenvalue weighted by molar-refractivity contribution is 7.99. The minimum absolute atomic E-state index is 0.138. The van der Waals surface area contributed by atoms with E-state index < -0.39 is 0 Å². The molecular weight excluding hydrogens is 196 g/mol. The third-order valence-corrected chi connectivity index (χ3v) is 3.85. The summed E-state index contributed by atoms with van der Waals surface area (Å²) >= 11 is 2.01. The van der Waals surface area contributed by atoms with E-state index in [-0.39, 0.29) is 5.41 Å². The van der Waals surface area contributed by atoms with Gasteiger partial charge in [-0.05, 0) is 24.3 Å². The molecule has 0 unspecified atom stereocenters. The zero-order chi connectivity index (χ0) is 10.0. The van der Waals surface area contributed by atoms with E-state index in [0.717, 1.165) is 24.5 Å². The Labute approximate surface area is 88.5 Å². The Kier molecular flexibility index (Phi) is 2.83. The van der Waals surface area contributed by atoms with E-state index in [9.17, 15) is 0 Å². The fourth-order valence-corrected chi connectivity index (χ4v) is 3.11. The molecule has 0 aliphatic carbocycles. The van der Waals surface area contributed by atoms with Crippen molar-refractivity contribution in [1.29, 1.82) is 0 Å². The molecule has 0 aromatic carbocycles. The van der Waals surface area contributed by atoms with Crippen LogP contribution < -0.4 is 5.73 Å². The molecule has 1 saturated heterocycles. The topological polar surface area (TPSA) is 52.0 Å². The molecule has 4 heteroatoms. The summed E-state index contributed by atoms with van der Waals surface area (Å²) in [6.45, 7) is 2.68. The Morgan fingerprint density at radius 3 is 2.86 bits per heavy atom. The summed E-state index contributed by atoms with van der Waals surface area (Å²) in [5.74, 6) is 4.07. The number of thioether (sulfide) groups is 1. The maximum Gasteiger partial charge on any atom is 0.200 e. The summed E-state index contributed by atoms with van der Waals surface area (Å²) in [5.41, 5.74) is 5.64. The standard InChI is InChI=1S/C10H16N2OS/c1-10(2-4-14-5-3-10)9-12-7-8(6-11)13-9/h7H,2-6,11H2,1H3. The number of nitrogens with two attached hydrogens (primary N) is 1. The van der Waals surface area contributed by atoms with Crippen molar-refractivity contribution in [3.8, 4) is 0 Å². The number of oxazole rings is 1. The lowest BCUT2D eigenvalue weighted by Gasteiger charge is -2.29. The van der Waals surface area contributed by atoms with E-state index in [1.165, 1.54) is 11.5 Å². The Bertz CT molecular complexity index is 305. The van der Waals surface area contributed by atoms with Crippen LogP contribution in [0.3, 0.4) is 0 Å². The molecule has 0 amide bonds. The van der Waals surface area contributed by atoms with Crippen LogP contribution in [0.4, 0.5) is 0 Å². The highest BCUT2D eigenvalue weighted by Gasteiger charge is 2.33. The van der Waals surface area contributed by atoms with Crippen molar-refractivity contribution in [3.63, 3.8) is 0 Å². The van der Waals surface area contributed by atoms with Gasteiger partial charge in [-0.1, -0.05) is 6.92 Å². The van der Waals surface area contributed by atoms with Crippen LogP contribution in [0.15, 0.2) is 10.6 Å². The number of nitrogens with zero attached hydrogens (tertiary/aromatic N) is 1. The van der Waals surface area contributed by atoms with Crippen LogP contribution in [0.1, 0.15) is 31.4 Å². The molecule has 2 N–H and O–H groups in total. The van der Waals surface area contributed by atoms with Gasteiger partial charge in [0.1, 0.15) is 5.76 Å². The number of hydrogen-bond donors (Lipinski definition) is 1. The Hall–Kier alpha value is -0.480. The molecule has 78 valence electrons. The zero-order valence-electron chi connectivity index (χ0n) is 8.45. The fourth-order valence-electron chi connectivity index (χ4n) is 1.72. The monoisotopic (exact) mass is 212 g/mol. The van der Waals surface area contributed by atoms with Gasteiger partial charge in [-0.25, -0.2) is 4.98 Å². The van der Waals surface area contributed by atoms with Crippen LogP contribution in [0, 0.1) is 0 Å². The van der Waals surface area contributed by atoms with Crippen LogP contribution in [-0.4, -0.2) is 16.5 Å². The number of aromatic nitrogens is 1. The highest BCUT2D eigenvalue weighted by atomic mass is 32.2. The Balaban J connectivity index is 2.19. The van der Waals surface area contributed by atoms with Gasteiger partial charge in [0.15, 0.2) is 5.89 Å². The maximum atomic E-state index is 5.63. The lowest BCUT2D eigenvalue weighted by atomic mass is 9.84. The second-order valence-electron chi connectivity index (χ2n) is 4.01. The zero-order valence-corrected chi connectivity index (χ0v) is 9.27. The van der Waals surface area contributed by atoms with E-state index in [4.69, 9.17) is 10.2 Å². The SMILES string of the molecule is CC1(c2ncc(CN)o2)CCSCC1. The van der Waals surface area contributed by atoms with Gasteiger partial charge in [-0.15, -0.1) is 0 Å². The molecule has 1 aliphatic rings. The second kappa shape index (κ2) is 3.95. The third kappa shape index (κ3) is 1.81. The summed E-state index contributed by atoms with van der Waals surface area (Å²) in [5, 5.41) is 0. The average Bonchev–Trinajstić information content (AvgIpc) is 2.67. The van der Waals surface area contributed by atoms with E-state index in [1.807, 2.05) is 11.8 Å². The summed E-state index contributed by atoms with van der Waals surface area (Å²) in [6, 6.07) is 0. The predicted octanol–water partition coefficient (Wildman–Crippen LogP) is 1.92. The maximum absolute atomic E-state index is 5.63. The molecule has 1 aliphatic heterocycles. The summed E-state index contributed by atoms with van der Waals surface area (Å²) in [4.78, 5) is 4.33.